The Hall–Kier alpha value is -3.26. The first-order chi connectivity index (χ1) is 15.6. The summed E-state index contributed by atoms with van der Waals surface area (Å²) in [4.78, 5) is 18.0. The molecule has 1 unspecified atom stereocenters. The number of hydrogen-bond donors (Lipinski definition) is 1. The molecule has 8 heteroatoms. The lowest BCUT2D eigenvalue weighted by atomic mass is 9.95. The standard InChI is InChI=1S/C24H26N4O3S/c1-4-30-19-14-10-9-13-18(19)21-20(22(29)31-15-17-11-7-6-8-12-17)16(3)25-23-26-24(32-5-2)27-28(21)23/h6-14,21H,4-5,15H2,1-3H3,(H,25,26,27). The van der Waals surface area contributed by atoms with Crippen molar-refractivity contribution in [3.8, 4) is 5.75 Å². The van der Waals surface area contributed by atoms with Gasteiger partial charge in [-0.3, -0.25) is 0 Å². The van der Waals surface area contributed by atoms with Gasteiger partial charge in [0.1, 0.15) is 18.4 Å². The summed E-state index contributed by atoms with van der Waals surface area (Å²) >= 11 is 1.55. The zero-order valence-electron chi connectivity index (χ0n) is 18.4. The molecule has 0 fully saturated rings. The van der Waals surface area contributed by atoms with E-state index in [9.17, 15) is 4.79 Å². The van der Waals surface area contributed by atoms with E-state index in [-0.39, 0.29) is 6.61 Å². The third-order valence-electron chi connectivity index (χ3n) is 5.05. The van der Waals surface area contributed by atoms with Crippen molar-refractivity contribution in [2.45, 2.75) is 38.6 Å². The Morgan fingerprint density at radius 1 is 1.12 bits per heavy atom. The van der Waals surface area contributed by atoms with Crippen molar-refractivity contribution in [2.24, 2.45) is 0 Å². The van der Waals surface area contributed by atoms with Crippen molar-refractivity contribution < 1.29 is 14.3 Å². The Bertz CT molecular complexity index is 1130. The second kappa shape index (κ2) is 9.91. The van der Waals surface area contributed by atoms with Gasteiger partial charge in [-0.1, -0.05) is 67.2 Å². The number of fused-ring (bicyclic) bond motifs is 1. The zero-order valence-corrected chi connectivity index (χ0v) is 19.2. The fourth-order valence-corrected chi connectivity index (χ4v) is 4.22. The number of carbonyl (C=O) groups is 1. The largest absolute Gasteiger partial charge is 0.494 e. The highest BCUT2D eigenvalue weighted by Crippen LogP contribution is 2.40. The van der Waals surface area contributed by atoms with Crippen molar-refractivity contribution in [3.05, 3.63) is 77.0 Å². The SMILES string of the molecule is CCOc1ccccc1C1C(C(=O)OCc2ccccc2)=C(C)Nc2nc(SCC)nn21. The topological polar surface area (TPSA) is 78.3 Å². The van der Waals surface area contributed by atoms with Crippen molar-refractivity contribution >= 4 is 23.7 Å². The number of para-hydroxylation sites is 1. The van der Waals surface area contributed by atoms with Crippen molar-refractivity contribution in [1.29, 1.82) is 0 Å². The van der Waals surface area contributed by atoms with E-state index in [4.69, 9.17) is 14.6 Å². The number of carbonyl (C=O) groups excluding carboxylic acids is 1. The number of esters is 1. The number of nitrogens with zero attached hydrogens (tertiary/aromatic N) is 3. The fourth-order valence-electron chi connectivity index (χ4n) is 3.67. The highest BCUT2D eigenvalue weighted by Gasteiger charge is 2.36. The minimum Gasteiger partial charge on any atom is -0.494 e. The van der Waals surface area contributed by atoms with Crippen LogP contribution in [-0.2, 0) is 16.1 Å². The first-order valence-corrected chi connectivity index (χ1v) is 11.6. The molecule has 0 spiro atoms. The smallest absolute Gasteiger partial charge is 0.338 e. The Morgan fingerprint density at radius 3 is 2.62 bits per heavy atom. The molecule has 1 N–H and O–H groups in total. The predicted octanol–water partition coefficient (Wildman–Crippen LogP) is 4.82. The first-order valence-electron chi connectivity index (χ1n) is 10.6. The number of thioether (sulfide) groups is 1. The Balaban J connectivity index is 1.75. The van der Waals surface area contributed by atoms with Crippen LogP contribution in [0.1, 0.15) is 37.9 Å². The summed E-state index contributed by atoms with van der Waals surface area (Å²) in [5.41, 5.74) is 2.93. The van der Waals surface area contributed by atoms with Gasteiger partial charge in [-0.15, -0.1) is 5.10 Å². The third-order valence-corrected chi connectivity index (χ3v) is 5.77. The number of ether oxygens (including phenoxy) is 2. The fraction of sp³-hybridized carbons (Fsp3) is 0.292. The van der Waals surface area contributed by atoms with Gasteiger partial charge in [0.2, 0.25) is 11.1 Å². The lowest BCUT2D eigenvalue weighted by Gasteiger charge is -2.29. The Labute approximate surface area is 191 Å². The molecule has 2 heterocycles. The van der Waals surface area contributed by atoms with Gasteiger partial charge < -0.3 is 14.8 Å². The van der Waals surface area contributed by atoms with Crippen LogP contribution in [0.5, 0.6) is 5.75 Å². The molecule has 1 aliphatic heterocycles. The number of allylic oxidation sites excluding steroid dienone is 1. The average molecular weight is 451 g/mol. The summed E-state index contributed by atoms with van der Waals surface area (Å²) in [5.74, 6) is 1.74. The normalized spacial score (nSPS) is 15.2. The minimum atomic E-state index is -0.518. The van der Waals surface area contributed by atoms with Gasteiger partial charge in [-0.25, -0.2) is 9.48 Å². The van der Waals surface area contributed by atoms with Crippen LogP contribution in [0, 0.1) is 0 Å². The molecule has 0 aliphatic carbocycles. The van der Waals surface area contributed by atoms with Gasteiger partial charge in [0.05, 0.1) is 12.2 Å². The molecule has 0 radical (unpaired) electrons. The van der Waals surface area contributed by atoms with E-state index in [1.54, 1.807) is 16.4 Å². The summed E-state index contributed by atoms with van der Waals surface area (Å²) in [6.45, 7) is 6.55. The zero-order chi connectivity index (χ0) is 22.5. The number of aromatic nitrogens is 3. The predicted molar refractivity (Wildman–Crippen MR) is 125 cm³/mol. The molecule has 7 nitrogen and oxygen atoms in total. The molecule has 166 valence electrons. The number of hydrogen-bond acceptors (Lipinski definition) is 7. The van der Waals surface area contributed by atoms with E-state index in [2.05, 4.69) is 17.2 Å². The van der Waals surface area contributed by atoms with E-state index in [0.717, 1.165) is 16.9 Å². The quantitative estimate of drug-likeness (QED) is 0.389. The number of nitrogens with one attached hydrogen (secondary N) is 1. The summed E-state index contributed by atoms with van der Waals surface area (Å²) in [7, 11) is 0. The van der Waals surface area contributed by atoms with E-state index in [1.807, 2.05) is 68.4 Å². The van der Waals surface area contributed by atoms with Gasteiger partial charge >= 0.3 is 5.97 Å². The molecular weight excluding hydrogens is 424 g/mol. The Morgan fingerprint density at radius 2 is 1.88 bits per heavy atom. The van der Waals surface area contributed by atoms with Crippen LogP contribution in [0.3, 0.4) is 0 Å². The molecule has 32 heavy (non-hydrogen) atoms. The maximum absolute atomic E-state index is 13.3. The van der Waals surface area contributed by atoms with Crippen LogP contribution in [0.15, 0.2) is 71.0 Å². The molecule has 0 saturated carbocycles. The molecule has 1 aliphatic rings. The highest BCUT2D eigenvalue weighted by atomic mass is 32.2. The maximum atomic E-state index is 13.3. The Kier molecular flexibility index (Phi) is 6.80. The molecule has 1 atom stereocenters. The first kappa shape index (κ1) is 22.0. The highest BCUT2D eigenvalue weighted by molar-refractivity contribution is 7.99. The van der Waals surface area contributed by atoms with Gasteiger partial charge in [-0.2, -0.15) is 4.98 Å². The van der Waals surface area contributed by atoms with E-state index in [0.29, 0.717) is 34.7 Å². The van der Waals surface area contributed by atoms with Crippen LogP contribution in [0.4, 0.5) is 5.95 Å². The monoisotopic (exact) mass is 450 g/mol. The van der Waals surface area contributed by atoms with Gasteiger partial charge in [0, 0.05) is 11.3 Å². The summed E-state index contributed by atoms with van der Waals surface area (Å²) in [6.07, 6.45) is 0. The van der Waals surface area contributed by atoms with E-state index >= 15 is 0 Å². The second-order valence-corrected chi connectivity index (χ2v) is 8.43. The van der Waals surface area contributed by atoms with Crippen molar-refractivity contribution in [3.63, 3.8) is 0 Å². The average Bonchev–Trinajstić information content (AvgIpc) is 3.20. The summed E-state index contributed by atoms with van der Waals surface area (Å²) in [6, 6.07) is 16.8. The second-order valence-electron chi connectivity index (χ2n) is 7.19. The minimum absolute atomic E-state index is 0.192. The lowest BCUT2D eigenvalue weighted by Crippen LogP contribution is -2.30. The molecule has 3 aromatic rings. The molecule has 0 bridgehead atoms. The molecular formula is C24H26N4O3S. The number of rotatable bonds is 8. The van der Waals surface area contributed by atoms with Crippen LogP contribution in [-0.4, -0.2) is 33.1 Å². The molecule has 0 amide bonds. The maximum Gasteiger partial charge on any atom is 0.338 e. The van der Waals surface area contributed by atoms with Crippen molar-refractivity contribution in [2.75, 3.05) is 17.7 Å². The number of anilines is 1. The van der Waals surface area contributed by atoms with Crippen molar-refractivity contribution in [1.82, 2.24) is 14.8 Å². The van der Waals surface area contributed by atoms with Gasteiger partial charge in [0.25, 0.3) is 0 Å². The summed E-state index contributed by atoms with van der Waals surface area (Å²) < 4.78 is 13.4. The lowest BCUT2D eigenvalue weighted by molar-refractivity contribution is -0.140. The van der Waals surface area contributed by atoms with Crippen LogP contribution >= 0.6 is 11.8 Å². The molecule has 0 saturated heterocycles. The molecule has 1 aromatic heterocycles. The molecule has 2 aromatic carbocycles. The van der Waals surface area contributed by atoms with E-state index < -0.39 is 12.0 Å². The molecule has 4 rings (SSSR count). The van der Waals surface area contributed by atoms with Crippen LogP contribution in [0.2, 0.25) is 0 Å². The van der Waals surface area contributed by atoms with E-state index in [1.165, 1.54) is 0 Å². The van der Waals surface area contributed by atoms with Crippen LogP contribution < -0.4 is 10.1 Å². The summed E-state index contributed by atoms with van der Waals surface area (Å²) in [5, 5.41) is 8.58. The van der Waals surface area contributed by atoms with Gasteiger partial charge in [0.15, 0.2) is 0 Å². The number of benzene rings is 2. The van der Waals surface area contributed by atoms with Gasteiger partial charge in [-0.05, 0) is 31.2 Å². The third kappa shape index (κ3) is 4.50. The van der Waals surface area contributed by atoms with Crippen LogP contribution in [0.25, 0.3) is 0 Å².